The Morgan fingerprint density at radius 3 is 2.39 bits per heavy atom. The van der Waals surface area contributed by atoms with Crippen LogP contribution in [-0.2, 0) is 17.8 Å². The van der Waals surface area contributed by atoms with Crippen molar-refractivity contribution in [3.63, 3.8) is 0 Å². The van der Waals surface area contributed by atoms with Crippen LogP contribution in [0, 0.1) is 0 Å². The van der Waals surface area contributed by atoms with Crippen molar-refractivity contribution >= 4 is 16.8 Å². The maximum atomic E-state index is 13.5. The van der Waals surface area contributed by atoms with Crippen LogP contribution in [0.3, 0.4) is 0 Å². The molecule has 0 fully saturated rings. The molecule has 6 rings (SSSR count). The Balaban J connectivity index is 1.32. The average molecular weight is 582 g/mol. The maximum Gasteiger partial charge on any atom is 0.220 e. The fourth-order valence-electron chi connectivity index (χ4n) is 5.57. The summed E-state index contributed by atoms with van der Waals surface area (Å²) in [4.78, 5) is 17.9. The Kier molecular flexibility index (Phi) is 8.98. The van der Waals surface area contributed by atoms with E-state index in [1.807, 2.05) is 72.8 Å². The number of hydrogen-bond acceptors (Lipinski definition) is 4. The van der Waals surface area contributed by atoms with E-state index in [-0.39, 0.29) is 11.8 Å². The third-order valence-electron chi connectivity index (χ3n) is 7.77. The van der Waals surface area contributed by atoms with Gasteiger partial charge in [-0.2, -0.15) is 0 Å². The summed E-state index contributed by atoms with van der Waals surface area (Å²) in [7, 11) is 1.68. The number of para-hydroxylation sites is 2. The molecule has 0 aliphatic heterocycles. The molecule has 0 saturated heterocycles. The molecule has 44 heavy (non-hydrogen) atoms. The minimum Gasteiger partial charge on any atom is -0.497 e. The topological polar surface area (TPSA) is 65.4 Å². The fraction of sp³-hybridized carbons (Fsp3) is 0.158. The summed E-state index contributed by atoms with van der Waals surface area (Å²) in [5, 5.41) is 4.26. The molecule has 1 atom stereocenters. The predicted molar refractivity (Wildman–Crippen MR) is 174 cm³/mol. The number of hydrogen-bond donors (Lipinski definition) is 1. The van der Waals surface area contributed by atoms with Crippen molar-refractivity contribution in [1.29, 1.82) is 0 Å². The van der Waals surface area contributed by atoms with Gasteiger partial charge < -0.3 is 19.4 Å². The summed E-state index contributed by atoms with van der Waals surface area (Å²) < 4.78 is 13.8. The number of ether oxygens (including phenoxy) is 2. The molecule has 0 spiro atoms. The number of nitrogens with zero attached hydrogens (tertiary/aromatic N) is 2. The molecule has 6 heteroatoms. The standard InChI is InChI=1S/C38H35N3O3/c1-43-31-19-17-28(18-20-31)26-41-27-36(34-15-5-6-16-37(34)41)35(25-38(42)40-23-21-30-11-7-8-22-39-30)29-10-9-14-33(24-29)44-32-12-3-2-4-13-32/h2-20,22,24,27,35H,21,23,25-26H2,1H3,(H,40,42)/t35-/m0/s1. The van der Waals surface area contributed by atoms with E-state index in [9.17, 15) is 4.79 Å². The number of amides is 1. The second kappa shape index (κ2) is 13.7. The average Bonchev–Trinajstić information content (AvgIpc) is 3.43. The van der Waals surface area contributed by atoms with Crippen LogP contribution in [0.4, 0.5) is 0 Å². The van der Waals surface area contributed by atoms with Crippen molar-refractivity contribution in [2.75, 3.05) is 13.7 Å². The Bertz CT molecular complexity index is 1820. The van der Waals surface area contributed by atoms with Crippen LogP contribution in [0.2, 0.25) is 0 Å². The van der Waals surface area contributed by atoms with Crippen LogP contribution in [0.25, 0.3) is 10.9 Å². The zero-order chi connectivity index (χ0) is 30.1. The maximum absolute atomic E-state index is 13.5. The predicted octanol–water partition coefficient (Wildman–Crippen LogP) is 7.77. The molecule has 0 aliphatic carbocycles. The lowest BCUT2D eigenvalue weighted by Gasteiger charge is -2.18. The molecule has 0 aliphatic rings. The Morgan fingerprint density at radius 1 is 0.818 bits per heavy atom. The van der Waals surface area contributed by atoms with Crippen LogP contribution < -0.4 is 14.8 Å². The first-order valence-corrected chi connectivity index (χ1v) is 14.9. The van der Waals surface area contributed by atoms with Crippen molar-refractivity contribution in [2.24, 2.45) is 0 Å². The summed E-state index contributed by atoms with van der Waals surface area (Å²) in [5.74, 6) is 2.14. The molecule has 2 heterocycles. The molecule has 0 radical (unpaired) electrons. The Morgan fingerprint density at radius 2 is 1.59 bits per heavy atom. The zero-order valence-corrected chi connectivity index (χ0v) is 24.7. The molecular weight excluding hydrogens is 546 g/mol. The van der Waals surface area contributed by atoms with E-state index in [1.165, 1.54) is 5.56 Å². The normalized spacial score (nSPS) is 11.7. The molecule has 220 valence electrons. The van der Waals surface area contributed by atoms with Crippen LogP contribution >= 0.6 is 0 Å². The zero-order valence-electron chi connectivity index (χ0n) is 24.7. The summed E-state index contributed by atoms with van der Waals surface area (Å²) in [6, 6.07) is 40.2. The molecule has 0 saturated carbocycles. The third kappa shape index (κ3) is 6.98. The molecule has 1 amide bonds. The number of fused-ring (bicyclic) bond motifs is 1. The van der Waals surface area contributed by atoms with E-state index < -0.39 is 0 Å². The van der Waals surface area contributed by atoms with E-state index in [0.29, 0.717) is 25.9 Å². The van der Waals surface area contributed by atoms with Gasteiger partial charge in [0.15, 0.2) is 0 Å². The van der Waals surface area contributed by atoms with Crippen molar-refractivity contribution in [3.05, 3.63) is 156 Å². The monoisotopic (exact) mass is 581 g/mol. The number of benzene rings is 4. The van der Waals surface area contributed by atoms with E-state index in [1.54, 1.807) is 13.3 Å². The number of pyridine rings is 1. The van der Waals surface area contributed by atoms with Crippen molar-refractivity contribution < 1.29 is 14.3 Å². The molecule has 4 aromatic carbocycles. The largest absolute Gasteiger partial charge is 0.497 e. The summed E-state index contributed by atoms with van der Waals surface area (Å²) in [6.45, 7) is 1.23. The van der Waals surface area contributed by atoms with Gasteiger partial charge in [0, 0.05) is 60.8 Å². The molecule has 2 aromatic heterocycles. The highest BCUT2D eigenvalue weighted by atomic mass is 16.5. The van der Waals surface area contributed by atoms with Gasteiger partial charge in [0.25, 0.3) is 0 Å². The van der Waals surface area contributed by atoms with Gasteiger partial charge in [-0.15, -0.1) is 0 Å². The smallest absolute Gasteiger partial charge is 0.220 e. The van der Waals surface area contributed by atoms with Gasteiger partial charge >= 0.3 is 0 Å². The number of carbonyl (C=O) groups excluding carboxylic acids is 1. The quantitative estimate of drug-likeness (QED) is 0.160. The number of rotatable bonds is 12. The number of carbonyl (C=O) groups is 1. The van der Waals surface area contributed by atoms with E-state index in [4.69, 9.17) is 9.47 Å². The molecule has 1 N–H and O–H groups in total. The fourth-order valence-corrected chi connectivity index (χ4v) is 5.57. The second-order valence-electron chi connectivity index (χ2n) is 10.7. The lowest BCUT2D eigenvalue weighted by molar-refractivity contribution is -0.121. The van der Waals surface area contributed by atoms with Crippen molar-refractivity contribution in [1.82, 2.24) is 14.9 Å². The van der Waals surface area contributed by atoms with Crippen molar-refractivity contribution in [2.45, 2.75) is 25.3 Å². The van der Waals surface area contributed by atoms with Gasteiger partial charge in [-0.25, -0.2) is 0 Å². The Hall–Kier alpha value is -5.36. The molecule has 0 bridgehead atoms. The number of nitrogens with one attached hydrogen (secondary N) is 1. The van der Waals surface area contributed by atoms with Gasteiger partial charge in [0.1, 0.15) is 17.2 Å². The highest BCUT2D eigenvalue weighted by Gasteiger charge is 2.23. The lowest BCUT2D eigenvalue weighted by Crippen LogP contribution is -2.27. The summed E-state index contributed by atoms with van der Waals surface area (Å²) >= 11 is 0. The van der Waals surface area contributed by atoms with Crippen LogP contribution in [0.15, 0.2) is 134 Å². The minimum atomic E-state index is -0.189. The van der Waals surface area contributed by atoms with E-state index in [2.05, 4.69) is 69.6 Å². The van der Waals surface area contributed by atoms with Crippen LogP contribution in [-0.4, -0.2) is 29.1 Å². The molecule has 6 aromatic rings. The van der Waals surface area contributed by atoms with Crippen LogP contribution in [0.1, 0.15) is 34.7 Å². The first kappa shape index (κ1) is 28.7. The van der Waals surface area contributed by atoms with Crippen molar-refractivity contribution in [3.8, 4) is 17.2 Å². The highest BCUT2D eigenvalue weighted by Crippen LogP contribution is 2.37. The van der Waals surface area contributed by atoms with Gasteiger partial charge in [-0.3, -0.25) is 9.78 Å². The second-order valence-corrected chi connectivity index (χ2v) is 10.7. The first-order chi connectivity index (χ1) is 21.7. The van der Waals surface area contributed by atoms with Gasteiger partial charge in [0.2, 0.25) is 5.91 Å². The SMILES string of the molecule is COc1ccc(Cn2cc([C@@H](CC(=O)NCCc3ccccn3)c3cccc(Oc4ccccc4)c3)c3ccccc32)cc1. The lowest BCUT2D eigenvalue weighted by atomic mass is 9.88. The van der Waals surface area contributed by atoms with Crippen LogP contribution in [0.5, 0.6) is 17.2 Å². The van der Waals surface area contributed by atoms with E-state index >= 15 is 0 Å². The summed E-state index contributed by atoms with van der Waals surface area (Å²) in [5.41, 5.74) is 5.36. The highest BCUT2D eigenvalue weighted by molar-refractivity contribution is 5.87. The first-order valence-electron chi connectivity index (χ1n) is 14.9. The van der Waals surface area contributed by atoms with Gasteiger partial charge in [-0.05, 0) is 71.3 Å². The third-order valence-corrected chi connectivity index (χ3v) is 7.77. The van der Waals surface area contributed by atoms with E-state index in [0.717, 1.165) is 45.0 Å². The number of aromatic nitrogens is 2. The molecule has 0 unspecified atom stereocenters. The summed E-state index contributed by atoms with van der Waals surface area (Å²) in [6.07, 6.45) is 4.96. The number of methoxy groups -OCH3 is 1. The molecule has 6 nitrogen and oxygen atoms in total. The van der Waals surface area contributed by atoms with Gasteiger partial charge in [-0.1, -0.05) is 66.7 Å². The molecular formula is C38H35N3O3. The Labute approximate surface area is 257 Å². The van der Waals surface area contributed by atoms with Gasteiger partial charge in [0.05, 0.1) is 7.11 Å². The minimum absolute atomic E-state index is 0.00713.